The van der Waals surface area contributed by atoms with Gasteiger partial charge in [0.15, 0.2) is 11.6 Å². The molecular weight excluding hydrogens is 446 g/mol. The van der Waals surface area contributed by atoms with Crippen LogP contribution in [0.1, 0.15) is 94.5 Å². The Balaban J connectivity index is 1.48. The topological polar surface area (TPSA) is 35.5 Å². The average Bonchev–Trinajstić information content (AvgIpc) is 2.88. The molecule has 3 nitrogen and oxygen atoms in total. The van der Waals surface area contributed by atoms with E-state index >= 15 is 0 Å². The van der Waals surface area contributed by atoms with Crippen LogP contribution in [0.5, 0.6) is 11.5 Å². The van der Waals surface area contributed by atoms with Gasteiger partial charge in [-0.25, -0.2) is 9.18 Å². The van der Waals surface area contributed by atoms with Crippen molar-refractivity contribution < 1.29 is 23.0 Å². The number of halogens is 2. The maximum atomic E-state index is 14.5. The van der Waals surface area contributed by atoms with E-state index in [1.807, 2.05) is 13.8 Å². The van der Waals surface area contributed by atoms with Crippen LogP contribution in [0.2, 0.25) is 0 Å². The van der Waals surface area contributed by atoms with Crippen LogP contribution in [0.4, 0.5) is 8.78 Å². The molecule has 0 heterocycles. The zero-order valence-corrected chi connectivity index (χ0v) is 21.5. The van der Waals surface area contributed by atoms with Crippen LogP contribution in [-0.2, 0) is 6.42 Å². The molecule has 0 saturated heterocycles. The van der Waals surface area contributed by atoms with E-state index in [-0.39, 0.29) is 11.5 Å². The normalized spacial score (nSPS) is 18.8. The van der Waals surface area contributed by atoms with Gasteiger partial charge in [0.05, 0.1) is 12.2 Å². The van der Waals surface area contributed by atoms with E-state index in [0.29, 0.717) is 30.3 Å². The first-order chi connectivity index (χ1) is 16.9. The van der Waals surface area contributed by atoms with Crippen molar-refractivity contribution in [2.75, 3.05) is 6.61 Å². The lowest BCUT2D eigenvalue weighted by atomic mass is 9.80. The fraction of sp³-hybridized carbons (Fsp3) is 0.567. The zero-order valence-electron chi connectivity index (χ0n) is 21.5. The Morgan fingerprint density at radius 3 is 2.29 bits per heavy atom. The molecule has 2 aromatic carbocycles. The average molecular weight is 487 g/mol. The lowest BCUT2D eigenvalue weighted by Crippen LogP contribution is -2.20. The highest BCUT2D eigenvalue weighted by Crippen LogP contribution is 2.32. The predicted octanol–water partition coefficient (Wildman–Crippen LogP) is 8.54. The van der Waals surface area contributed by atoms with E-state index in [2.05, 4.69) is 6.92 Å². The summed E-state index contributed by atoms with van der Waals surface area (Å²) in [6.45, 7) is 6.92. The second-order valence-corrected chi connectivity index (χ2v) is 10.2. The van der Waals surface area contributed by atoms with Gasteiger partial charge in [-0.15, -0.1) is 0 Å². The summed E-state index contributed by atoms with van der Waals surface area (Å²) in [6, 6.07) is 9.44. The van der Waals surface area contributed by atoms with Gasteiger partial charge in [-0.2, -0.15) is 4.39 Å². The van der Waals surface area contributed by atoms with Crippen molar-refractivity contribution >= 4 is 5.97 Å². The van der Waals surface area contributed by atoms with Gasteiger partial charge in [-0.3, -0.25) is 0 Å². The summed E-state index contributed by atoms with van der Waals surface area (Å²) >= 11 is 0. The van der Waals surface area contributed by atoms with Gasteiger partial charge in [-0.05, 0) is 72.9 Å². The van der Waals surface area contributed by atoms with Crippen LogP contribution in [0.25, 0.3) is 0 Å². The van der Waals surface area contributed by atoms with Gasteiger partial charge in [0.2, 0.25) is 5.82 Å². The third kappa shape index (κ3) is 8.05. The Morgan fingerprint density at radius 2 is 1.63 bits per heavy atom. The highest BCUT2D eigenvalue weighted by molar-refractivity contribution is 5.91. The number of hydrogen-bond donors (Lipinski definition) is 0. The minimum absolute atomic E-state index is 0.239. The summed E-state index contributed by atoms with van der Waals surface area (Å²) in [4.78, 5) is 12.5. The highest BCUT2D eigenvalue weighted by Gasteiger charge is 2.22. The van der Waals surface area contributed by atoms with Crippen molar-refractivity contribution in [1.82, 2.24) is 0 Å². The summed E-state index contributed by atoms with van der Waals surface area (Å²) in [5, 5.41) is 0. The number of rotatable bonds is 12. The fourth-order valence-corrected chi connectivity index (χ4v) is 4.76. The van der Waals surface area contributed by atoms with Crippen LogP contribution in [0, 0.1) is 29.4 Å². The van der Waals surface area contributed by atoms with E-state index in [0.717, 1.165) is 12.3 Å². The number of carbonyl (C=O) groups excluding carboxylic acids is 1. The maximum Gasteiger partial charge on any atom is 0.343 e. The molecule has 1 aliphatic rings. The van der Waals surface area contributed by atoms with E-state index < -0.39 is 23.4 Å². The molecule has 0 amide bonds. The van der Waals surface area contributed by atoms with Gasteiger partial charge in [0, 0.05) is 0 Å². The maximum absolute atomic E-state index is 14.5. The summed E-state index contributed by atoms with van der Waals surface area (Å²) in [7, 11) is 0. The molecule has 0 bridgehead atoms. The third-order valence-electron chi connectivity index (χ3n) is 7.35. The van der Waals surface area contributed by atoms with Crippen LogP contribution in [0.3, 0.4) is 0 Å². The van der Waals surface area contributed by atoms with Gasteiger partial charge in [0.1, 0.15) is 5.75 Å². The van der Waals surface area contributed by atoms with Crippen molar-refractivity contribution in [2.45, 2.75) is 85.0 Å². The highest BCUT2D eigenvalue weighted by atomic mass is 19.2. The molecule has 0 aliphatic heterocycles. The molecule has 0 radical (unpaired) electrons. The molecule has 1 fully saturated rings. The van der Waals surface area contributed by atoms with E-state index in [9.17, 15) is 13.6 Å². The van der Waals surface area contributed by atoms with E-state index in [1.54, 1.807) is 24.3 Å². The summed E-state index contributed by atoms with van der Waals surface area (Å²) in [6.07, 6.45) is 11.6. The van der Waals surface area contributed by atoms with E-state index in [1.165, 1.54) is 63.5 Å². The Bertz CT molecular complexity index is 933. The number of esters is 1. The molecule has 1 aliphatic carbocycles. The molecule has 35 heavy (non-hydrogen) atoms. The molecule has 3 rings (SSSR count). The SMILES string of the molecule is CCCCCC1CCC(COc2ccc(C(=O)Oc3ccc(CC(C)CC)c(F)c3F)cc2)CC1. The number of ether oxygens (including phenoxy) is 2. The van der Waals surface area contributed by atoms with Gasteiger partial charge < -0.3 is 9.47 Å². The summed E-state index contributed by atoms with van der Waals surface area (Å²) in [5.74, 6) is -0.826. The van der Waals surface area contributed by atoms with Gasteiger partial charge in [0.25, 0.3) is 0 Å². The zero-order chi connectivity index (χ0) is 25.2. The number of unbranched alkanes of at least 4 members (excludes halogenated alkanes) is 2. The van der Waals surface area contributed by atoms with Crippen LogP contribution < -0.4 is 9.47 Å². The second-order valence-electron chi connectivity index (χ2n) is 10.2. The minimum atomic E-state index is -1.13. The van der Waals surface area contributed by atoms with Crippen molar-refractivity contribution in [3.63, 3.8) is 0 Å². The summed E-state index contributed by atoms with van der Waals surface area (Å²) < 4.78 is 40.0. The Labute approximate surface area is 209 Å². The van der Waals surface area contributed by atoms with Gasteiger partial charge >= 0.3 is 5.97 Å². The predicted molar refractivity (Wildman–Crippen MR) is 136 cm³/mol. The molecule has 1 saturated carbocycles. The standard InChI is InChI=1S/C30H40F2O3/c1-4-6-7-8-22-9-11-23(12-10-22)20-34-26-16-13-24(14-17-26)30(33)35-27-18-15-25(19-21(3)5-2)28(31)29(27)32/h13-18,21-23H,4-12,19-20H2,1-3H3. The van der Waals surface area contributed by atoms with Gasteiger partial charge in [-0.1, -0.05) is 71.8 Å². The molecule has 1 unspecified atom stereocenters. The molecule has 0 spiro atoms. The van der Waals surface area contributed by atoms with Crippen molar-refractivity contribution in [1.29, 1.82) is 0 Å². The molecule has 0 N–H and O–H groups in total. The first-order valence-corrected chi connectivity index (χ1v) is 13.3. The number of hydrogen-bond acceptors (Lipinski definition) is 3. The van der Waals surface area contributed by atoms with Crippen LogP contribution in [0.15, 0.2) is 36.4 Å². The smallest absolute Gasteiger partial charge is 0.343 e. The Hall–Kier alpha value is -2.43. The molecule has 2 aromatic rings. The number of carbonyl (C=O) groups is 1. The molecule has 1 atom stereocenters. The molecule has 5 heteroatoms. The van der Waals surface area contributed by atoms with Crippen LogP contribution >= 0.6 is 0 Å². The van der Waals surface area contributed by atoms with Crippen molar-refractivity contribution in [3.05, 3.63) is 59.2 Å². The molecule has 192 valence electrons. The van der Waals surface area contributed by atoms with Crippen molar-refractivity contribution in [2.24, 2.45) is 17.8 Å². The first-order valence-electron chi connectivity index (χ1n) is 13.3. The lowest BCUT2D eigenvalue weighted by molar-refractivity contribution is 0.0726. The fourth-order valence-electron chi connectivity index (χ4n) is 4.76. The number of benzene rings is 2. The monoisotopic (exact) mass is 486 g/mol. The van der Waals surface area contributed by atoms with E-state index in [4.69, 9.17) is 9.47 Å². The lowest BCUT2D eigenvalue weighted by Gasteiger charge is -2.28. The molecular formula is C30H40F2O3. The molecule has 0 aromatic heterocycles. The quantitative estimate of drug-likeness (QED) is 0.171. The third-order valence-corrected chi connectivity index (χ3v) is 7.35. The van der Waals surface area contributed by atoms with Crippen LogP contribution in [-0.4, -0.2) is 12.6 Å². The Kier molecular flexibility index (Phi) is 10.6. The summed E-state index contributed by atoms with van der Waals surface area (Å²) in [5.41, 5.74) is 0.552. The minimum Gasteiger partial charge on any atom is -0.493 e. The van der Waals surface area contributed by atoms with Crippen molar-refractivity contribution in [3.8, 4) is 11.5 Å². The largest absolute Gasteiger partial charge is 0.493 e. The first kappa shape index (κ1) is 27.2. The Morgan fingerprint density at radius 1 is 0.943 bits per heavy atom. The second kappa shape index (κ2) is 13.6.